The minimum absolute atomic E-state index is 0.00709. The number of piperidine rings is 1. The van der Waals surface area contributed by atoms with Gasteiger partial charge in [0.25, 0.3) is 0 Å². The quantitative estimate of drug-likeness (QED) is 0.853. The van der Waals surface area contributed by atoms with Crippen molar-refractivity contribution in [3.05, 3.63) is 23.8 Å². The van der Waals surface area contributed by atoms with Crippen molar-refractivity contribution in [1.82, 2.24) is 10.2 Å². The standard InChI is InChI=1S/C14H19N3O2/c1-19-12-3-2-10-9-17(11-4-6-15-7-5-11)14(18)16-13(10)8-12/h2-3,8,11,15H,4-7,9H2,1H3,(H,16,18). The van der Waals surface area contributed by atoms with E-state index in [1.807, 2.05) is 23.1 Å². The van der Waals surface area contributed by atoms with Crippen LogP contribution in [0.15, 0.2) is 18.2 Å². The molecule has 102 valence electrons. The minimum Gasteiger partial charge on any atom is -0.497 e. The van der Waals surface area contributed by atoms with Gasteiger partial charge in [0.2, 0.25) is 0 Å². The van der Waals surface area contributed by atoms with Crippen molar-refractivity contribution in [3.63, 3.8) is 0 Å². The Morgan fingerprint density at radius 2 is 2.11 bits per heavy atom. The summed E-state index contributed by atoms with van der Waals surface area (Å²) < 4.78 is 5.19. The van der Waals surface area contributed by atoms with Gasteiger partial charge in [0.1, 0.15) is 5.75 Å². The first-order valence-electron chi connectivity index (χ1n) is 6.73. The summed E-state index contributed by atoms with van der Waals surface area (Å²) in [5.41, 5.74) is 2.02. The summed E-state index contributed by atoms with van der Waals surface area (Å²) in [5.74, 6) is 0.773. The number of carbonyl (C=O) groups excluding carboxylic acids is 1. The molecule has 5 nitrogen and oxygen atoms in total. The van der Waals surface area contributed by atoms with Crippen molar-refractivity contribution in [1.29, 1.82) is 0 Å². The van der Waals surface area contributed by atoms with E-state index in [1.54, 1.807) is 7.11 Å². The number of nitrogens with one attached hydrogen (secondary N) is 2. The molecule has 2 heterocycles. The van der Waals surface area contributed by atoms with Gasteiger partial charge in [-0.25, -0.2) is 4.79 Å². The van der Waals surface area contributed by atoms with Gasteiger partial charge in [0.05, 0.1) is 12.8 Å². The van der Waals surface area contributed by atoms with Crippen LogP contribution in [0.4, 0.5) is 10.5 Å². The molecule has 2 aliphatic rings. The van der Waals surface area contributed by atoms with Crippen LogP contribution in [0.3, 0.4) is 0 Å². The predicted molar refractivity (Wildman–Crippen MR) is 73.4 cm³/mol. The summed E-state index contributed by atoms with van der Waals surface area (Å²) >= 11 is 0. The first-order chi connectivity index (χ1) is 9.28. The normalized spacial score (nSPS) is 19.8. The Bertz CT molecular complexity index is 484. The van der Waals surface area contributed by atoms with Gasteiger partial charge in [-0.3, -0.25) is 0 Å². The first-order valence-corrected chi connectivity index (χ1v) is 6.73. The van der Waals surface area contributed by atoms with Crippen LogP contribution < -0.4 is 15.4 Å². The molecule has 1 aromatic rings. The molecule has 0 atom stereocenters. The molecule has 1 aromatic carbocycles. The van der Waals surface area contributed by atoms with E-state index in [0.717, 1.165) is 42.9 Å². The molecule has 0 aromatic heterocycles. The van der Waals surface area contributed by atoms with Crippen LogP contribution in [0.5, 0.6) is 5.75 Å². The predicted octanol–water partition coefficient (Wildman–Crippen LogP) is 1.79. The van der Waals surface area contributed by atoms with E-state index in [1.165, 1.54) is 0 Å². The summed E-state index contributed by atoms with van der Waals surface area (Å²) in [6, 6.07) is 6.20. The largest absolute Gasteiger partial charge is 0.497 e. The molecule has 2 N–H and O–H groups in total. The molecule has 0 saturated carbocycles. The lowest BCUT2D eigenvalue weighted by molar-refractivity contribution is 0.163. The minimum atomic E-state index is 0.00709. The van der Waals surface area contributed by atoms with Crippen molar-refractivity contribution in [2.45, 2.75) is 25.4 Å². The highest BCUT2D eigenvalue weighted by atomic mass is 16.5. The van der Waals surface area contributed by atoms with Crippen LogP contribution in [-0.4, -0.2) is 37.2 Å². The fourth-order valence-electron chi connectivity index (χ4n) is 2.79. The number of rotatable bonds is 2. The molecule has 0 radical (unpaired) electrons. The Labute approximate surface area is 112 Å². The first kappa shape index (κ1) is 12.3. The lowest BCUT2D eigenvalue weighted by atomic mass is 10.0. The second kappa shape index (κ2) is 5.09. The molecule has 19 heavy (non-hydrogen) atoms. The third-order valence-electron chi connectivity index (χ3n) is 3.91. The Hall–Kier alpha value is -1.75. The van der Waals surface area contributed by atoms with Crippen molar-refractivity contribution < 1.29 is 9.53 Å². The fourth-order valence-corrected chi connectivity index (χ4v) is 2.79. The molecular weight excluding hydrogens is 242 g/mol. The number of hydrogen-bond acceptors (Lipinski definition) is 3. The molecule has 1 fully saturated rings. The van der Waals surface area contributed by atoms with E-state index in [2.05, 4.69) is 10.6 Å². The summed E-state index contributed by atoms with van der Waals surface area (Å²) in [6.45, 7) is 2.67. The molecule has 5 heteroatoms. The number of hydrogen-bond donors (Lipinski definition) is 2. The fraction of sp³-hybridized carbons (Fsp3) is 0.500. The zero-order chi connectivity index (χ0) is 13.2. The molecule has 2 amide bonds. The maximum atomic E-state index is 12.2. The van der Waals surface area contributed by atoms with Crippen molar-refractivity contribution in [2.24, 2.45) is 0 Å². The second-order valence-corrected chi connectivity index (χ2v) is 5.06. The van der Waals surface area contributed by atoms with Gasteiger partial charge in [0.15, 0.2) is 0 Å². The van der Waals surface area contributed by atoms with E-state index < -0.39 is 0 Å². The summed E-state index contributed by atoms with van der Waals surface area (Å²) in [6.07, 6.45) is 2.05. The Balaban J connectivity index is 1.81. The number of carbonyl (C=O) groups is 1. The van der Waals surface area contributed by atoms with Crippen LogP contribution in [0, 0.1) is 0 Å². The summed E-state index contributed by atoms with van der Waals surface area (Å²) in [5, 5.41) is 6.30. The number of fused-ring (bicyclic) bond motifs is 1. The maximum absolute atomic E-state index is 12.2. The Morgan fingerprint density at radius 3 is 2.84 bits per heavy atom. The smallest absolute Gasteiger partial charge is 0.322 e. The van der Waals surface area contributed by atoms with Crippen LogP contribution >= 0.6 is 0 Å². The van der Waals surface area contributed by atoms with Gasteiger partial charge in [-0.15, -0.1) is 0 Å². The molecule has 2 aliphatic heterocycles. The van der Waals surface area contributed by atoms with Gasteiger partial charge in [-0.2, -0.15) is 0 Å². The van der Waals surface area contributed by atoms with Crippen molar-refractivity contribution in [3.8, 4) is 5.75 Å². The monoisotopic (exact) mass is 261 g/mol. The molecule has 0 bridgehead atoms. The van der Waals surface area contributed by atoms with E-state index >= 15 is 0 Å². The average Bonchev–Trinajstić information content (AvgIpc) is 2.47. The number of anilines is 1. The molecule has 0 aliphatic carbocycles. The number of methoxy groups -OCH3 is 1. The van der Waals surface area contributed by atoms with Gasteiger partial charge < -0.3 is 20.3 Å². The van der Waals surface area contributed by atoms with Crippen LogP contribution in [0.25, 0.3) is 0 Å². The Morgan fingerprint density at radius 1 is 1.32 bits per heavy atom. The van der Waals surface area contributed by atoms with Crippen LogP contribution in [-0.2, 0) is 6.54 Å². The lowest BCUT2D eigenvalue weighted by Crippen LogP contribution is -2.49. The molecule has 0 unspecified atom stereocenters. The molecule has 1 saturated heterocycles. The number of urea groups is 1. The lowest BCUT2D eigenvalue weighted by Gasteiger charge is -2.37. The van der Waals surface area contributed by atoms with Gasteiger partial charge in [-0.1, -0.05) is 6.07 Å². The SMILES string of the molecule is COc1ccc2c(c1)NC(=O)N(C1CCNCC1)C2. The highest BCUT2D eigenvalue weighted by Crippen LogP contribution is 2.29. The Kier molecular flexibility index (Phi) is 3.29. The highest BCUT2D eigenvalue weighted by molar-refractivity contribution is 5.92. The van der Waals surface area contributed by atoms with Crippen LogP contribution in [0.1, 0.15) is 18.4 Å². The van der Waals surface area contributed by atoms with Crippen LogP contribution in [0.2, 0.25) is 0 Å². The van der Waals surface area contributed by atoms with E-state index in [9.17, 15) is 4.79 Å². The van der Waals surface area contributed by atoms with E-state index in [-0.39, 0.29) is 6.03 Å². The number of ether oxygens (including phenoxy) is 1. The van der Waals surface area contributed by atoms with E-state index in [0.29, 0.717) is 12.6 Å². The molecule has 0 spiro atoms. The third-order valence-corrected chi connectivity index (χ3v) is 3.91. The zero-order valence-corrected chi connectivity index (χ0v) is 11.1. The van der Waals surface area contributed by atoms with Gasteiger partial charge in [-0.05, 0) is 37.6 Å². The van der Waals surface area contributed by atoms with Crippen molar-refractivity contribution >= 4 is 11.7 Å². The second-order valence-electron chi connectivity index (χ2n) is 5.06. The summed E-state index contributed by atoms with van der Waals surface area (Å²) in [4.78, 5) is 14.2. The summed E-state index contributed by atoms with van der Waals surface area (Å²) in [7, 11) is 1.63. The van der Waals surface area contributed by atoms with Gasteiger partial charge in [0, 0.05) is 18.7 Å². The maximum Gasteiger partial charge on any atom is 0.322 e. The van der Waals surface area contributed by atoms with Gasteiger partial charge >= 0.3 is 6.03 Å². The zero-order valence-electron chi connectivity index (χ0n) is 11.1. The van der Waals surface area contributed by atoms with Crippen molar-refractivity contribution in [2.75, 3.05) is 25.5 Å². The highest BCUT2D eigenvalue weighted by Gasteiger charge is 2.29. The number of benzene rings is 1. The average molecular weight is 261 g/mol. The molecular formula is C14H19N3O2. The topological polar surface area (TPSA) is 53.6 Å². The molecule has 3 rings (SSSR count). The number of nitrogens with zero attached hydrogens (tertiary/aromatic N) is 1. The number of amides is 2. The van der Waals surface area contributed by atoms with E-state index in [4.69, 9.17) is 4.74 Å². The third kappa shape index (κ3) is 2.38.